The highest BCUT2D eigenvalue weighted by Gasteiger charge is 2.10. The van der Waals surface area contributed by atoms with E-state index < -0.39 is 5.97 Å². The maximum Gasteiger partial charge on any atom is 0.336 e. The molecule has 3 aromatic rings. The van der Waals surface area contributed by atoms with Crippen molar-refractivity contribution in [3.63, 3.8) is 0 Å². The van der Waals surface area contributed by atoms with E-state index in [1.807, 2.05) is 6.07 Å². The van der Waals surface area contributed by atoms with E-state index in [2.05, 4.69) is 9.97 Å². The Kier molecular flexibility index (Phi) is 3.93. The van der Waals surface area contributed by atoms with Crippen LogP contribution in [-0.4, -0.2) is 21.0 Å². The molecular weight excluding hydrogens is 300 g/mol. The average molecular weight is 312 g/mol. The first kappa shape index (κ1) is 14.3. The molecular formula is C16H12N2O3S. The van der Waals surface area contributed by atoms with Crippen LogP contribution in [0.25, 0.3) is 10.9 Å². The fourth-order valence-corrected chi connectivity index (χ4v) is 3.03. The number of aromatic nitrogens is 2. The van der Waals surface area contributed by atoms with E-state index in [0.29, 0.717) is 27.4 Å². The summed E-state index contributed by atoms with van der Waals surface area (Å²) in [6, 6.07) is 13.9. The molecule has 0 spiro atoms. The van der Waals surface area contributed by atoms with Crippen LogP contribution in [-0.2, 0) is 5.75 Å². The first-order chi connectivity index (χ1) is 10.6. The molecule has 0 atom stereocenters. The highest BCUT2D eigenvalue weighted by molar-refractivity contribution is 7.98. The highest BCUT2D eigenvalue weighted by atomic mass is 32.2. The topological polar surface area (TPSA) is 83.0 Å². The van der Waals surface area contributed by atoms with Crippen LogP contribution in [0.4, 0.5) is 0 Å². The van der Waals surface area contributed by atoms with E-state index in [-0.39, 0.29) is 11.1 Å². The number of thioether (sulfide) groups is 1. The smallest absolute Gasteiger partial charge is 0.336 e. The number of hydrogen-bond acceptors (Lipinski definition) is 4. The van der Waals surface area contributed by atoms with Gasteiger partial charge in [0.2, 0.25) is 0 Å². The predicted molar refractivity (Wildman–Crippen MR) is 85.3 cm³/mol. The van der Waals surface area contributed by atoms with Crippen LogP contribution in [0.5, 0.6) is 0 Å². The number of benzene rings is 2. The van der Waals surface area contributed by atoms with Gasteiger partial charge in [0.05, 0.1) is 22.2 Å². The minimum atomic E-state index is -0.969. The van der Waals surface area contributed by atoms with Crippen LogP contribution in [0.1, 0.15) is 16.2 Å². The zero-order valence-electron chi connectivity index (χ0n) is 11.4. The number of H-pyrrole nitrogens is 1. The number of carboxylic acids is 1. The van der Waals surface area contributed by atoms with Crippen molar-refractivity contribution >= 4 is 28.6 Å². The lowest BCUT2D eigenvalue weighted by Crippen LogP contribution is -2.11. The molecule has 0 saturated carbocycles. The molecule has 0 radical (unpaired) electrons. The van der Waals surface area contributed by atoms with Crippen molar-refractivity contribution in [3.05, 3.63) is 70.3 Å². The van der Waals surface area contributed by atoms with E-state index in [9.17, 15) is 9.59 Å². The maximum atomic E-state index is 12.0. The molecule has 0 saturated heterocycles. The Morgan fingerprint density at radius 1 is 1.14 bits per heavy atom. The maximum absolute atomic E-state index is 12.0. The van der Waals surface area contributed by atoms with Crippen molar-refractivity contribution in [1.82, 2.24) is 9.97 Å². The monoisotopic (exact) mass is 312 g/mol. The van der Waals surface area contributed by atoms with Gasteiger partial charge in [-0.25, -0.2) is 9.78 Å². The van der Waals surface area contributed by atoms with Gasteiger partial charge in [0.25, 0.3) is 5.56 Å². The van der Waals surface area contributed by atoms with E-state index in [0.717, 1.165) is 0 Å². The Labute approximate surface area is 130 Å². The molecule has 6 heteroatoms. The molecule has 22 heavy (non-hydrogen) atoms. The van der Waals surface area contributed by atoms with Gasteiger partial charge >= 0.3 is 5.97 Å². The molecule has 0 fully saturated rings. The number of fused-ring (bicyclic) bond motifs is 1. The zero-order valence-corrected chi connectivity index (χ0v) is 12.3. The van der Waals surface area contributed by atoms with Crippen molar-refractivity contribution in [2.24, 2.45) is 0 Å². The van der Waals surface area contributed by atoms with E-state index in [1.54, 1.807) is 42.5 Å². The number of rotatable bonds is 4. The molecule has 0 aliphatic rings. The summed E-state index contributed by atoms with van der Waals surface area (Å²) < 4.78 is 0. The number of aromatic amines is 1. The van der Waals surface area contributed by atoms with Gasteiger partial charge in [-0.15, -0.1) is 11.8 Å². The van der Waals surface area contributed by atoms with Crippen molar-refractivity contribution in [2.45, 2.75) is 10.6 Å². The Morgan fingerprint density at radius 3 is 2.68 bits per heavy atom. The molecule has 0 bridgehead atoms. The molecule has 1 heterocycles. The molecule has 0 unspecified atom stereocenters. The van der Waals surface area contributed by atoms with Gasteiger partial charge in [-0.05, 0) is 24.3 Å². The quantitative estimate of drug-likeness (QED) is 0.724. The first-order valence-electron chi connectivity index (χ1n) is 6.58. The van der Waals surface area contributed by atoms with Gasteiger partial charge in [0, 0.05) is 4.90 Å². The van der Waals surface area contributed by atoms with Crippen molar-refractivity contribution in [1.29, 1.82) is 0 Å². The summed E-state index contributed by atoms with van der Waals surface area (Å²) in [7, 11) is 0. The van der Waals surface area contributed by atoms with Gasteiger partial charge in [-0.2, -0.15) is 0 Å². The van der Waals surface area contributed by atoms with Crippen LogP contribution >= 0.6 is 11.8 Å². The second kappa shape index (κ2) is 6.03. The summed E-state index contributed by atoms with van der Waals surface area (Å²) in [6.07, 6.45) is 0. The average Bonchev–Trinajstić information content (AvgIpc) is 2.53. The molecule has 0 aliphatic carbocycles. The summed E-state index contributed by atoms with van der Waals surface area (Å²) in [5.41, 5.74) is 0.691. The van der Waals surface area contributed by atoms with Crippen molar-refractivity contribution in [3.8, 4) is 0 Å². The predicted octanol–water partition coefficient (Wildman–Crippen LogP) is 2.91. The van der Waals surface area contributed by atoms with Gasteiger partial charge < -0.3 is 10.1 Å². The third kappa shape index (κ3) is 2.87. The fraction of sp³-hybridized carbons (Fsp3) is 0.0625. The number of nitrogens with zero attached hydrogens (tertiary/aromatic N) is 1. The Bertz CT molecular complexity index is 905. The van der Waals surface area contributed by atoms with Crippen LogP contribution in [0.3, 0.4) is 0 Å². The summed E-state index contributed by atoms with van der Waals surface area (Å²) in [5, 5.41) is 9.71. The summed E-state index contributed by atoms with van der Waals surface area (Å²) in [5.74, 6) is -0.0540. The number of para-hydroxylation sites is 1. The molecule has 1 aromatic heterocycles. The molecule has 2 aromatic carbocycles. The normalized spacial score (nSPS) is 10.7. The second-order valence-corrected chi connectivity index (χ2v) is 5.64. The van der Waals surface area contributed by atoms with Crippen molar-refractivity contribution < 1.29 is 9.90 Å². The molecule has 5 nitrogen and oxygen atoms in total. The lowest BCUT2D eigenvalue weighted by atomic mass is 10.2. The number of hydrogen-bond donors (Lipinski definition) is 2. The molecule has 110 valence electrons. The SMILES string of the molecule is O=C(O)c1ccccc1SCc1nc2ccccc2c(=O)[nH]1. The second-order valence-electron chi connectivity index (χ2n) is 4.62. The van der Waals surface area contributed by atoms with Gasteiger partial charge in [-0.3, -0.25) is 4.79 Å². The Balaban J connectivity index is 1.89. The summed E-state index contributed by atoms with van der Waals surface area (Å²) in [6.45, 7) is 0. The first-order valence-corrected chi connectivity index (χ1v) is 7.57. The number of nitrogens with one attached hydrogen (secondary N) is 1. The Hall–Kier alpha value is -2.60. The number of carboxylic acid groups (broad SMARTS) is 1. The largest absolute Gasteiger partial charge is 0.478 e. The number of aromatic carboxylic acids is 1. The van der Waals surface area contributed by atoms with Crippen LogP contribution in [0.15, 0.2) is 58.2 Å². The zero-order chi connectivity index (χ0) is 15.5. The van der Waals surface area contributed by atoms with Crippen molar-refractivity contribution in [2.75, 3.05) is 0 Å². The molecule has 2 N–H and O–H groups in total. The highest BCUT2D eigenvalue weighted by Crippen LogP contribution is 2.25. The third-order valence-electron chi connectivity index (χ3n) is 3.14. The van der Waals surface area contributed by atoms with Gasteiger partial charge in [0.1, 0.15) is 5.82 Å². The third-order valence-corrected chi connectivity index (χ3v) is 4.23. The number of carbonyl (C=O) groups is 1. The lowest BCUT2D eigenvalue weighted by molar-refractivity contribution is 0.0693. The van der Waals surface area contributed by atoms with Crippen LogP contribution in [0, 0.1) is 0 Å². The van der Waals surface area contributed by atoms with Crippen LogP contribution < -0.4 is 5.56 Å². The minimum Gasteiger partial charge on any atom is -0.478 e. The summed E-state index contributed by atoms with van der Waals surface area (Å²) >= 11 is 1.33. The molecule has 3 rings (SSSR count). The molecule has 0 aliphatic heterocycles. The van der Waals surface area contributed by atoms with Crippen LogP contribution in [0.2, 0.25) is 0 Å². The lowest BCUT2D eigenvalue weighted by Gasteiger charge is -2.06. The standard InChI is InChI=1S/C16H12N2O3S/c19-15-10-5-1-3-7-12(10)17-14(18-15)9-22-13-8-4-2-6-11(13)16(20)21/h1-8H,9H2,(H,20,21)(H,17,18,19). The fourth-order valence-electron chi connectivity index (χ4n) is 2.12. The minimum absolute atomic E-state index is 0.187. The van der Waals surface area contributed by atoms with Gasteiger partial charge in [-0.1, -0.05) is 24.3 Å². The van der Waals surface area contributed by atoms with E-state index in [4.69, 9.17) is 5.11 Å². The molecule has 0 amide bonds. The van der Waals surface area contributed by atoms with Gasteiger partial charge in [0.15, 0.2) is 0 Å². The van der Waals surface area contributed by atoms with E-state index >= 15 is 0 Å². The van der Waals surface area contributed by atoms with E-state index in [1.165, 1.54) is 11.8 Å². The Morgan fingerprint density at radius 2 is 1.86 bits per heavy atom. The summed E-state index contributed by atoms with van der Waals surface area (Å²) in [4.78, 5) is 30.9.